The van der Waals surface area contributed by atoms with Crippen molar-refractivity contribution < 1.29 is 19.1 Å². The molecule has 0 saturated carbocycles. The molecule has 4 nitrogen and oxygen atoms in total. The van der Waals surface area contributed by atoms with Crippen molar-refractivity contribution in [2.75, 3.05) is 7.11 Å². The lowest BCUT2D eigenvalue weighted by Gasteiger charge is -2.07. The number of hydrogen-bond acceptors (Lipinski definition) is 4. The molecule has 21 heavy (non-hydrogen) atoms. The maximum Gasteiger partial charge on any atom is 0.338 e. The molecule has 0 radical (unpaired) electrons. The van der Waals surface area contributed by atoms with Gasteiger partial charge in [0.2, 0.25) is 0 Å². The predicted molar refractivity (Wildman–Crippen MR) is 78.1 cm³/mol. The second-order valence-electron chi connectivity index (χ2n) is 4.64. The Morgan fingerprint density at radius 3 is 2.19 bits per heavy atom. The topological polar surface area (TPSA) is 52.6 Å². The Balaban J connectivity index is 2.12. The maximum absolute atomic E-state index is 12.1. The minimum absolute atomic E-state index is 0.196. The summed E-state index contributed by atoms with van der Waals surface area (Å²) < 4.78 is 9.91. The SMILES string of the molecule is COC(=O)c1cc(C)cc(C(=O)OCc2ccccc2)c1. The Bertz CT molecular complexity index is 647. The van der Waals surface area contributed by atoms with E-state index >= 15 is 0 Å². The molecule has 2 aromatic rings. The fourth-order valence-electron chi connectivity index (χ4n) is 1.94. The molecule has 4 heteroatoms. The van der Waals surface area contributed by atoms with Crippen LogP contribution in [0.2, 0.25) is 0 Å². The summed E-state index contributed by atoms with van der Waals surface area (Å²) in [7, 11) is 1.30. The zero-order valence-corrected chi connectivity index (χ0v) is 12.0. The maximum atomic E-state index is 12.1. The number of carbonyl (C=O) groups is 2. The van der Waals surface area contributed by atoms with Crippen LogP contribution in [0.15, 0.2) is 48.5 Å². The summed E-state index contributed by atoms with van der Waals surface area (Å²) in [6.45, 7) is 2.00. The first-order valence-corrected chi connectivity index (χ1v) is 6.51. The number of ether oxygens (including phenoxy) is 2. The molecule has 0 N–H and O–H groups in total. The third kappa shape index (κ3) is 3.92. The van der Waals surface area contributed by atoms with E-state index in [2.05, 4.69) is 4.74 Å². The first-order chi connectivity index (χ1) is 10.1. The van der Waals surface area contributed by atoms with E-state index < -0.39 is 11.9 Å². The number of rotatable bonds is 4. The van der Waals surface area contributed by atoms with E-state index in [1.165, 1.54) is 13.2 Å². The molecule has 2 rings (SSSR count). The van der Waals surface area contributed by atoms with Gasteiger partial charge < -0.3 is 9.47 Å². The van der Waals surface area contributed by atoms with Crippen LogP contribution in [0.1, 0.15) is 31.8 Å². The number of methoxy groups -OCH3 is 1. The van der Waals surface area contributed by atoms with Crippen molar-refractivity contribution >= 4 is 11.9 Å². The van der Waals surface area contributed by atoms with Gasteiger partial charge in [-0.1, -0.05) is 30.3 Å². The van der Waals surface area contributed by atoms with E-state index in [1.54, 1.807) is 19.1 Å². The molecule has 0 fully saturated rings. The van der Waals surface area contributed by atoms with Gasteiger partial charge in [-0.05, 0) is 36.2 Å². The summed E-state index contributed by atoms with van der Waals surface area (Å²) in [5.41, 5.74) is 2.38. The minimum atomic E-state index is -0.476. The predicted octanol–water partition coefficient (Wildman–Crippen LogP) is 3.14. The molecule has 0 aromatic heterocycles. The van der Waals surface area contributed by atoms with Gasteiger partial charge in [0.25, 0.3) is 0 Å². The Kier molecular flexibility index (Phi) is 4.72. The van der Waals surface area contributed by atoms with Gasteiger partial charge in [0.15, 0.2) is 0 Å². The van der Waals surface area contributed by atoms with Crippen LogP contribution in [0.5, 0.6) is 0 Å². The molecule has 0 bridgehead atoms. The number of aryl methyl sites for hydroxylation is 1. The Labute approximate surface area is 123 Å². The Morgan fingerprint density at radius 2 is 1.57 bits per heavy atom. The third-order valence-electron chi connectivity index (χ3n) is 2.95. The Hall–Kier alpha value is -2.62. The van der Waals surface area contributed by atoms with Gasteiger partial charge in [-0.3, -0.25) is 0 Å². The molecule has 0 amide bonds. The molecule has 108 valence electrons. The van der Waals surface area contributed by atoms with Crippen molar-refractivity contribution in [1.82, 2.24) is 0 Å². The summed E-state index contributed by atoms with van der Waals surface area (Å²) in [6, 6.07) is 14.2. The summed E-state index contributed by atoms with van der Waals surface area (Å²) >= 11 is 0. The Morgan fingerprint density at radius 1 is 0.952 bits per heavy atom. The molecule has 2 aromatic carbocycles. The minimum Gasteiger partial charge on any atom is -0.465 e. The largest absolute Gasteiger partial charge is 0.465 e. The zero-order chi connectivity index (χ0) is 15.2. The molecule has 0 unspecified atom stereocenters. The highest BCUT2D eigenvalue weighted by Crippen LogP contribution is 2.13. The zero-order valence-electron chi connectivity index (χ0n) is 12.0. The van der Waals surface area contributed by atoms with Gasteiger partial charge >= 0.3 is 11.9 Å². The molecular formula is C17H16O4. The average Bonchev–Trinajstić information content (AvgIpc) is 2.52. The van der Waals surface area contributed by atoms with Crippen LogP contribution in [-0.2, 0) is 16.1 Å². The van der Waals surface area contributed by atoms with Crippen molar-refractivity contribution in [3.8, 4) is 0 Å². The van der Waals surface area contributed by atoms with Crippen molar-refractivity contribution in [3.05, 3.63) is 70.8 Å². The highest BCUT2D eigenvalue weighted by atomic mass is 16.5. The quantitative estimate of drug-likeness (QED) is 0.809. The lowest BCUT2D eigenvalue weighted by Crippen LogP contribution is -2.09. The monoisotopic (exact) mass is 284 g/mol. The van der Waals surface area contributed by atoms with Crippen LogP contribution in [0.3, 0.4) is 0 Å². The fourth-order valence-corrected chi connectivity index (χ4v) is 1.94. The number of carbonyl (C=O) groups excluding carboxylic acids is 2. The number of hydrogen-bond donors (Lipinski definition) is 0. The second kappa shape index (κ2) is 6.70. The highest BCUT2D eigenvalue weighted by Gasteiger charge is 2.13. The van der Waals surface area contributed by atoms with Crippen LogP contribution < -0.4 is 0 Å². The first-order valence-electron chi connectivity index (χ1n) is 6.51. The summed E-state index contributed by atoms with van der Waals surface area (Å²) in [5.74, 6) is -0.941. The van der Waals surface area contributed by atoms with Gasteiger partial charge in [0, 0.05) is 0 Å². The summed E-state index contributed by atoms with van der Waals surface area (Å²) in [4.78, 5) is 23.6. The van der Waals surface area contributed by atoms with E-state index in [9.17, 15) is 9.59 Å². The van der Waals surface area contributed by atoms with Crippen LogP contribution in [-0.4, -0.2) is 19.0 Å². The molecule has 0 aliphatic rings. The third-order valence-corrected chi connectivity index (χ3v) is 2.95. The van der Waals surface area contributed by atoms with Gasteiger partial charge in [-0.25, -0.2) is 9.59 Å². The molecule has 0 atom stereocenters. The lowest BCUT2D eigenvalue weighted by atomic mass is 10.1. The van der Waals surface area contributed by atoms with E-state index in [1.807, 2.05) is 30.3 Å². The molecule has 0 spiro atoms. The molecule has 0 saturated heterocycles. The van der Waals surface area contributed by atoms with Crippen molar-refractivity contribution in [2.24, 2.45) is 0 Å². The number of benzene rings is 2. The van der Waals surface area contributed by atoms with Crippen LogP contribution >= 0.6 is 0 Å². The van der Waals surface area contributed by atoms with Crippen LogP contribution in [0.4, 0.5) is 0 Å². The molecule has 0 aliphatic heterocycles. The highest BCUT2D eigenvalue weighted by molar-refractivity contribution is 5.95. The van der Waals surface area contributed by atoms with Crippen LogP contribution in [0.25, 0.3) is 0 Å². The average molecular weight is 284 g/mol. The second-order valence-corrected chi connectivity index (χ2v) is 4.64. The van der Waals surface area contributed by atoms with E-state index in [0.717, 1.165) is 11.1 Å². The van der Waals surface area contributed by atoms with Crippen molar-refractivity contribution in [1.29, 1.82) is 0 Å². The van der Waals surface area contributed by atoms with Gasteiger partial charge in [0.1, 0.15) is 6.61 Å². The van der Waals surface area contributed by atoms with Crippen LogP contribution in [0, 0.1) is 6.92 Å². The summed E-state index contributed by atoms with van der Waals surface area (Å²) in [6.07, 6.45) is 0. The normalized spacial score (nSPS) is 10.0. The fraction of sp³-hybridized carbons (Fsp3) is 0.176. The smallest absolute Gasteiger partial charge is 0.338 e. The van der Waals surface area contributed by atoms with Gasteiger partial charge in [-0.15, -0.1) is 0 Å². The van der Waals surface area contributed by atoms with Crippen molar-refractivity contribution in [3.63, 3.8) is 0 Å². The standard InChI is InChI=1S/C17H16O4/c1-12-8-14(16(18)20-2)10-15(9-12)17(19)21-11-13-6-4-3-5-7-13/h3-10H,11H2,1-2H3. The van der Waals surface area contributed by atoms with E-state index in [0.29, 0.717) is 11.1 Å². The summed E-state index contributed by atoms with van der Waals surface area (Å²) in [5, 5.41) is 0. The molecule has 0 heterocycles. The van der Waals surface area contributed by atoms with Gasteiger partial charge in [-0.2, -0.15) is 0 Å². The van der Waals surface area contributed by atoms with Crippen molar-refractivity contribution in [2.45, 2.75) is 13.5 Å². The van der Waals surface area contributed by atoms with E-state index in [-0.39, 0.29) is 6.61 Å². The first kappa shape index (κ1) is 14.8. The lowest BCUT2D eigenvalue weighted by molar-refractivity contribution is 0.0472. The molecule has 0 aliphatic carbocycles. The molecular weight excluding hydrogens is 268 g/mol. The van der Waals surface area contributed by atoms with E-state index in [4.69, 9.17) is 4.74 Å². The van der Waals surface area contributed by atoms with Gasteiger partial charge in [0.05, 0.1) is 18.2 Å². The number of esters is 2.